The number of hydrogen-bond acceptors (Lipinski definition) is 4. The van der Waals surface area contributed by atoms with E-state index < -0.39 is 0 Å². The lowest BCUT2D eigenvalue weighted by molar-refractivity contribution is 0.752. The highest BCUT2D eigenvalue weighted by molar-refractivity contribution is 5.29. The molecular weight excluding hydrogens is 226 g/mol. The molecule has 2 rings (SSSR count). The molecule has 5 heteroatoms. The van der Waals surface area contributed by atoms with Crippen LogP contribution in [0.4, 0.5) is 5.95 Å². The number of aromatic amines is 1. The maximum atomic E-state index is 4.37. The normalized spacial score (nSPS) is 12.4. The average molecular weight is 245 g/mol. The summed E-state index contributed by atoms with van der Waals surface area (Å²) < 4.78 is 0. The van der Waals surface area contributed by atoms with Gasteiger partial charge in [0, 0.05) is 29.5 Å². The summed E-state index contributed by atoms with van der Waals surface area (Å²) in [5.41, 5.74) is 4.09. The molecule has 18 heavy (non-hydrogen) atoms. The third-order valence-electron chi connectivity index (χ3n) is 2.63. The van der Waals surface area contributed by atoms with E-state index in [1.54, 1.807) is 0 Å². The summed E-state index contributed by atoms with van der Waals surface area (Å²) in [6.07, 6.45) is 0.848. The first kappa shape index (κ1) is 12.5. The van der Waals surface area contributed by atoms with Crippen LogP contribution in [0.5, 0.6) is 0 Å². The van der Waals surface area contributed by atoms with Gasteiger partial charge in [-0.1, -0.05) is 0 Å². The van der Waals surface area contributed by atoms with E-state index >= 15 is 0 Å². The average Bonchev–Trinajstić information content (AvgIpc) is 2.61. The molecule has 2 heterocycles. The lowest BCUT2D eigenvalue weighted by Gasteiger charge is -2.13. The standard InChI is InChI=1S/C13H19N5/c1-8-5-9(2)15-13(14-8)16-10(3)6-12-7-11(4)17-18-12/h5,7,10H,6H2,1-4H3,(H,17,18)(H,14,15,16). The van der Waals surface area contributed by atoms with Gasteiger partial charge in [-0.15, -0.1) is 0 Å². The molecule has 96 valence electrons. The van der Waals surface area contributed by atoms with Crippen LogP contribution in [0.2, 0.25) is 0 Å². The van der Waals surface area contributed by atoms with Crippen molar-refractivity contribution in [3.8, 4) is 0 Å². The predicted octanol–water partition coefficient (Wildman–Crippen LogP) is 2.17. The van der Waals surface area contributed by atoms with Crippen LogP contribution >= 0.6 is 0 Å². The Bertz CT molecular complexity index is 512. The Labute approximate surface area is 107 Å². The van der Waals surface area contributed by atoms with Gasteiger partial charge >= 0.3 is 0 Å². The summed E-state index contributed by atoms with van der Waals surface area (Å²) in [7, 11) is 0. The fraction of sp³-hybridized carbons (Fsp3) is 0.462. The quantitative estimate of drug-likeness (QED) is 0.866. The van der Waals surface area contributed by atoms with Crippen molar-refractivity contribution >= 4 is 5.95 Å². The van der Waals surface area contributed by atoms with Crippen molar-refractivity contribution in [3.05, 3.63) is 34.9 Å². The molecular formula is C13H19N5. The Hall–Kier alpha value is -1.91. The molecule has 1 atom stereocenters. The van der Waals surface area contributed by atoms with E-state index in [0.29, 0.717) is 5.95 Å². The highest BCUT2D eigenvalue weighted by Crippen LogP contribution is 2.08. The van der Waals surface area contributed by atoms with Gasteiger partial charge in [0.2, 0.25) is 5.95 Å². The lowest BCUT2D eigenvalue weighted by Crippen LogP contribution is -2.20. The molecule has 5 nitrogen and oxygen atoms in total. The van der Waals surface area contributed by atoms with Gasteiger partial charge in [-0.25, -0.2) is 9.97 Å². The maximum Gasteiger partial charge on any atom is 0.223 e. The van der Waals surface area contributed by atoms with Crippen LogP contribution in [0.25, 0.3) is 0 Å². The van der Waals surface area contributed by atoms with Gasteiger partial charge in [0.1, 0.15) is 0 Å². The Balaban J connectivity index is 2.00. The summed E-state index contributed by atoms with van der Waals surface area (Å²) in [6.45, 7) is 8.05. The SMILES string of the molecule is Cc1cc(C)nc(NC(C)Cc2cc(C)[nH]n2)n1. The van der Waals surface area contributed by atoms with Crippen LogP contribution in [0.1, 0.15) is 29.7 Å². The molecule has 2 aromatic rings. The summed E-state index contributed by atoms with van der Waals surface area (Å²) in [6, 6.07) is 4.27. The first-order chi connectivity index (χ1) is 8.52. The van der Waals surface area contributed by atoms with Crippen molar-refractivity contribution < 1.29 is 0 Å². The van der Waals surface area contributed by atoms with Crippen molar-refractivity contribution in [3.63, 3.8) is 0 Å². The molecule has 0 saturated carbocycles. The summed E-state index contributed by atoms with van der Waals surface area (Å²) in [5.74, 6) is 0.687. The van der Waals surface area contributed by atoms with Crippen molar-refractivity contribution in [2.45, 2.75) is 40.2 Å². The molecule has 0 radical (unpaired) electrons. The lowest BCUT2D eigenvalue weighted by atomic mass is 10.2. The molecule has 0 aliphatic heterocycles. The van der Waals surface area contributed by atoms with Gasteiger partial charge < -0.3 is 5.32 Å². The topological polar surface area (TPSA) is 66.5 Å². The second-order valence-corrected chi connectivity index (χ2v) is 4.77. The summed E-state index contributed by atoms with van der Waals surface area (Å²) >= 11 is 0. The van der Waals surface area contributed by atoms with Crippen LogP contribution < -0.4 is 5.32 Å². The number of anilines is 1. The van der Waals surface area contributed by atoms with Crippen LogP contribution in [0.3, 0.4) is 0 Å². The fourth-order valence-corrected chi connectivity index (χ4v) is 1.95. The number of aromatic nitrogens is 4. The van der Waals surface area contributed by atoms with Gasteiger partial charge in [0.15, 0.2) is 0 Å². The van der Waals surface area contributed by atoms with E-state index in [4.69, 9.17) is 0 Å². The predicted molar refractivity (Wildman–Crippen MR) is 71.6 cm³/mol. The van der Waals surface area contributed by atoms with E-state index in [2.05, 4.69) is 38.5 Å². The van der Waals surface area contributed by atoms with Gasteiger partial charge in [-0.3, -0.25) is 5.10 Å². The Morgan fingerprint density at radius 1 is 1.17 bits per heavy atom. The van der Waals surface area contributed by atoms with Crippen LogP contribution in [-0.4, -0.2) is 26.2 Å². The minimum absolute atomic E-state index is 0.244. The molecule has 0 bridgehead atoms. The maximum absolute atomic E-state index is 4.37. The summed E-state index contributed by atoms with van der Waals surface area (Å²) in [5, 5.41) is 10.5. The number of rotatable bonds is 4. The highest BCUT2D eigenvalue weighted by atomic mass is 15.1. The van der Waals surface area contributed by atoms with Crippen LogP contribution in [-0.2, 0) is 6.42 Å². The van der Waals surface area contributed by atoms with E-state index in [0.717, 1.165) is 29.2 Å². The molecule has 0 fully saturated rings. The smallest absolute Gasteiger partial charge is 0.223 e. The summed E-state index contributed by atoms with van der Waals surface area (Å²) in [4.78, 5) is 8.74. The number of nitrogens with zero attached hydrogens (tertiary/aromatic N) is 3. The molecule has 1 unspecified atom stereocenters. The van der Waals surface area contributed by atoms with Crippen molar-refractivity contribution in [1.82, 2.24) is 20.2 Å². The number of aryl methyl sites for hydroxylation is 3. The van der Waals surface area contributed by atoms with Crippen LogP contribution in [0.15, 0.2) is 12.1 Å². The number of H-pyrrole nitrogens is 1. The van der Waals surface area contributed by atoms with Crippen molar-refractivity contribution in [1.29, 1.82) is 0 Å². The van der Waals surface area contributed by atoms with E-state index in [1.165, 1.54) is 0 Å². The minimum atomic E-state index is 0.244. The molecule has 0 amide bonds. The molecule has 2 aromatic heterocycles. The third kappa shape index (κ3) is 3.29. The second-order valence-electron chi connectivity index (χ2n) is 4.77. The molecule has 2 N–H and O–H groups in total. The molecule has 0 spiro atoms. The molecule has 0 aliphatic rings. The number of nitrogens with one attached hydrogen (secondary N) is 2. The van der Waals surface area contributed by atoms with Gasteiger partial charge in [-0.05, 0) is 39.8 Å². The zero-order valence-corrected chi connectivity index (χ0v) is 11.3. The van der Waals surface area contributed by atoms with E-state index in [9.17, 15) is 0 Å². The van der Waals surface area contributed by atoms with Crippen LogP contribution in [0, 0.1) is 20.8 Å². The second kappa shape index (κ2) is 5.16. The van der Waals surface area contributed by atoms with Crippen molar-refractivity contribution in [2.24, 2.45) is 0 Å². The minimum Gasteiger partial charge on any atom is -0.351 e. The number of hydrogen-bond donors (Lipinski definition) is 2. The Morgan fingerprint density at radius 2 is 1.83 bits per heavy atom. The van der Waals surface area contributed by atoms with E-state index in [-0.39, 0.29) is 6.04 Å². The monoisotopic (exact) mass is 245 g/mol. The first-order valence-corrected chi connectivity index (χ1v) is 6.12. The van der Waals surface area contributed by atoms with Gasteiger partial charge in [0.05, 0.1) is 5.69 Å². The van der Waals surface area contributed by atoms with E-state index in [1.807, 2.05) is 26.8 Å². The third-order valence-corrected chi connectivity index (χ3v) is 2.63. The largest absolute Gasteiger partial charge is 0.351 e. The Morgan fingerprint density at radius 3 is 2.39 bits per heavy atom. The highest BCUT2D eigenvalue weighted by Gasteiger charge is 2.08. The Kier molecular flexibility index (Phi) is 3.60. The first-order valence-electron chi connectivity index (χ1n) is 6.12. The van der Waals surface area contributed by atoms with Gasteiger partial charge in [-0.2, -0.15) is 5.10 Å². The van der Waals surface area contributed by atoms with Gasteiger partial charge in [0.25, 0.3) is 0 Å². The fourth-order valence-electron chi connectivity index (χ4n) is 1.95. The molecule has 0 saturated heterocycles. The molecule has 0 aromatic carbocycles. The van der Waals surface area contributed by atoms with Crippen molar-refractivity contribution in [2.75, 3.05) is 5.32 Å². The molecule has 0 aliphatic carbocycles. The zero-order valence-electron chi connectivity index (χ0n) is 11.3. The zero-order chi connectivity index (χ0) is 13.1.